The molecular weight excluding hydrogens is 302 g/mol. The van der Waals surface area contributed by atoms with Crippen LogP contribution in [0.4, 0.5) is 0 Å². The summed E-state index contributed by atoms with van der Waals surface area (Å²) in [5.74, 6) is 0.713. The molecule has 0 bridgehead atoms. The molecule has 3 fully saturated rings. The zero-order valence-electron chi connectivity index (χ0n) is 14.7. The van der Waals surface area contributed by atoms with Crippen molar-refractivity contribution in [1.82, 2.24) is 14.7 Å². The van der Waals surface area contributed by atoms with E-state index in [4.69, 9.17) is 0 Å². The number of carbonyl (C=O) groups is 1. The van der Waals surface area contributed by atoms with E-state index < -0.39 is 5.60 Å². The van der Waals surface area contributed by atoms with Gasteiger partial charge in [0.2, 0.25) is 5.91 Å². The van der Waals surface area contributed by atoms with Crippen LogP contribution < -0.4 is 0 Å². The second kappa shape index (κ2) is 6.17. The Morgan fingerprint density at radius 1 is 1.25 bits per heavy atom. The Kier molecular flexibility index (Phi) is 4.15. The van der Waals surface area contributed by atoms with Gasteiger partial charge in [0.1, 0.15) is 0 Å². The normalized spacial score (nSPS) is 34.3. The van der Waals surface area contributed by atoms with E-state index in [1.54, 1.807) is 0 Å². The molecule has 1 aromatic rings. The fourth-order valence-corrected chi connectivity index (χ4v) is 4.99. The first-order valence-corrected chi connectivity index (χ1v) is 9.57. The smallest absolute Gasteiger partial charge is 0.225 e. The first-order valence-electron chi connectivity index (χ1n) is 9.57. The van der Waals surface area contributed by atoms with Crippen LogP contribution >= 0.6 is 0 Å². The third-order valence-electron chi connectivity index (χ3n) is 6.49. The van der Waals surface area contributed by atoms with Gasteiger partial charge in [-0.2, -0.15) is 5.10 Å². The number of hydrogen-bond donors (Lipinski definition) is 1. The van der Waals surface area contributed by atoms with Crippen LogP contribution in [0.3, 0.4) is 0 Å². The maximum atomic E-state index is 12.8. The molecule has 5 nitrogen and oxygen atoms in total. The van der Waals surface area contributed by atoms with Gasteiger partial charge in [0, 0.05) is 25.2 Å². The lowest BCUT2D eigenvalue weighted by molar-refractivity contribution is -0.162. The Morgan fingerprint density at radius 2 is 2.00 bits per heavy atom. The molecule has 1 aliphatic heterocycles. The first kappa shape index (κ1) is 16.1. The fourth-order valence-electron chi connectivity index (χ4n) is 4.99. The molecular formula is C19H29N3O2. The van der Waals surface area contributed by atoms with Gasteiger partial charge in [-0.05, 0) is 50.5 Å². The predicted molar refractivity (Wildman–Crippen MR) is 91.4 cm³/mol. The van der Waals surface area contributed by atoms with E-state index in [1.165, 1.54) is 19.3 Å². The van der Waals surface area contributed by atoms with Crippen molar-refractivity contribution in [3.63, 3.8) is 0 Å². The summed E-state index contributed by atoms with van der Waals surface area (Å²) in [4.78, 5) is 14.8. The highest BCUT2D eigenvalue weighted by Crippen LogP contribution is 2.48. The highest BCUT2D eigenvalue weighted by molar-refractivity contribution is 5.80. The molecule has 1 aromatic heterocycles. The number of amides is 1. The largest absolute Gasteiger partial charge is 0.390 e. The summed E-state index contributed by atoms with van der Waals surface area (Å²) in [7, 11) is 0. The third kappa shape index (κ3) is 2.87. The number of rotatable bonds is 3. The van der Waals surface area contributed by atoms with Crippen molar-refractivity contribution in [1.29, 1.82) is 0 Å². The van der Waals surface area contributed by atoms with Gasteiger partial charge in [-0.25, -0.2) is 0 Å². The van der Waals surface area contributed by atoms with Crippen molar-refractivity contribution in [2.45, 2.75) is 69.9 Å². The standard InChI is InChI=1S/C19H29N3O2/c1-14-11-20-22(12-14)17-7-8-21(13-17)18(23)15-9-19(24,10-15)16-5-3-2-4-6-16/h11-12,15-17,24H,2-10,13H2,1H3. The van der Waals surface area contributed by atoms with Crippen LogP contribution in [-0.2, 0) is 4.79 Å². The van der Waals surface area contributed by atoms with Crippen LogP contribution in [0.15, 0.2) is 12.4 Å². The summed E-state index contributed by atoms with van der Waals surface area (Å²) in [5, 5.41) is 15.2. The van der Waals surface area contributed by atoms with Gasteiger partial charge in [-0.3, -0.25) is 9.48 Å². The van der Waals surface area contributed by atoms with E-state index in [1.807, 2.05) is 22.7 Å². The molecule has 1 saturated heterocycles. The van der Waals surface area contributed by atoms with E-state index in [0.717, 1.165) is 37.9 Å². The molecule has 132 valence electrons. The Balaban J connectivity index is 1.31. The quantitative estimate of drug-likeness (QED) is 0.926. The molecule has 2 heterocycles. The lowest BCUT2D eigenvalue weighted by Gasteiger charge is -2.49. The molecule has 1 unspecified atom stereocenters. The van der Waals surface area contributed by atoms with Crippen molar-refractivity contribution in [2.75, 3.05) is 13.1 Å². The van der Waals surface area contributed by atoms with E-state index in [-0.39, 0.29) is 11.8 Å². The molecule has 1 amide bonds. The van der Waals surface area contributed by atoms with Crippen LogP contribution in [-0.4, -0.2) is 44.4 Å². The number of nitrogens with zero attached hydrogens (tertiary/aromatic N) is 3. The second-order valence-electron chi connectivity index (χ2n) is 8.27. The Hall–Kier alpha value is -1.36. The summed E-state index contributed by atoms with van der Waals surface area (Å²) >= 11 is 0. The minimum absolute atomic E-state index is 0.0371. The monoisotopic (exact) mass is 331 g/mol. The van der Waals surface area contributed by atoms with Crippen molar-refractivity contribution in [3.8, 4) is 0 Å². The zero-order valence-corrected chi connectivity index (χ0v) is 14.7. The number of aryl methyl sites for hydroxylation is 1. The van der Waals surface area contributed by atoms with Gasteiger partial charge >= 0.3 is 0 Å². The molecule has 0 radical (unpaired) electrons. The second-order valence-corrected chi connectivity index (χ2v) is 8.27. The van der Waals surface area contributed by atoms with Gasteiger partial charge in [-0.15, -0.1) is 0 Å². The highest BCUT2D eigenvalue weighted by atomic mass is 16.3. The van der Waals surface area contributed by atoms with Crippen molar-refractivity contribution >= 4 is 5.91 Å². The summed E-state index contributed by atoms with van der Waals surface area (Å²) in [6.07, 6.45) is 12.3. The molecule has 2 saturated carbocycles. The van der Waals surface area contributed by atoms with Crippen LogP contribution in [0.25, 0.3) is 0 Å². The lowest BCUT2D eigenvalue weighted by atomic mass is 9.61. The molecule has 3 aliphatic rings. The van der Waals surface area contributed by atoms with Gasteiger partial charge in [-0.1, -0.05) is 19.3 Å². The third-order valence-corrected chi connectivity index (χ3v) is 6.49. The molecule has 5 heteroatoms. The summed E-state index contributed by atoms with van der Waals surface area (Å²) in [6, 6.07) is 0.306. The molecule has 2 aliphatic carbocycles. The van der Waals surface area contributed by atoms with Crippen LogP contribution in [0.2, 0.25) is 0 Å². The van der Waals surface area contributed by atoms with Gasteiger partial charge in [0.15, 0.2) is 0 Å². The van der Waals surface area contributed by atoms with Gasteiger partial charge in [0.05, 0.1) is 17.8 Å². The fraction of sp³-hybridized carbons (Fsp3) is 0.789. The summed E-state index contributed by atoms with van der Waals surface area (Å²) in [5.41, 5.74) is 0.607. The van der Waals surface area contributed by atoms with Crippen molar-refractivity contribution in [2.24, 2.45) is 11.8 Å². The van der Waals surface area contributed by atoms with E-state index in [2.05, 4.69) is 11.3 Å². The minimum atomic E-state index is -0.557. The molecule has 0 aromatic carbocycles. The van der Waals surface area contributed by atoms with Crippen molar-refractivity contribution in [3.05, 3.63) is 18.0 Å². The van der Waals surface area contributed by atoms with Crippen LogP contribution in [0, 0.1) is 18.8 Å². The Labute approximate surface area is 144 Å². The molecule has 0 spiro atoms. The maximum Gasteiger partial charge on any atom is 0.225 e. The van der Waals surface area contributed by atoms with Gasteiger partial charge < -0.3 is 10.0 Å². The predicted octanol–water partition coefficient (Wildman–Crippen LogP) is 2.69. The SMILES string of the molecule is Cc1cnn(C2CCN(C(=O)C3CC(O)(C4CCCCC4)C3)C2)c1. The topological polar surface area (TPSA) is 58.4 Å². The molecule has 1 atom stereocenters. The van der Waals surface area contributed by atoms with Crippen LogP contribution in [0.1, 0.15) is 63.0 Å². The molecule has 24 heavy (non-hydrogen) atoms. The lowest BCUT2D eigenvalue weighted by Crippen LogP contribution is -2.55. The Morgan fingerprint density at radius 3 is 2.67 bits per heavy atom. The van der Waals surface area contributed by atoms with Crippen molar-refractivity contribution < 1.29 is 9.90 Å². The molecule has 4 rings (SSSR count). The number of aliphatic hydroxyl groups is 1. The number of hydrogen-bond acceptors (Lipinski definition) is 3. The summed E-state index contributed by atoms with van der Waals surface area (Å²) in [6.45, 7) is 3.63. The van der Waals surface area contributed by atoms with E-state index in [9.17, 15) is 9.90 Å². The number of aromatic nitrogens is 2. The minimum Gasteiger partial charge on any atom is -0.390 e. The zero-order chi connectivity index (χ0) is 16.7. The number of carbonyl (C=O) groups excluding carboxylic acids is 1. The number of likely N-dealkylation sites (tertiary alicyclic amines) is 1. The highest BCUT2D eigenvalue weighted by Gasteiger charge is 2.52. The average Bonchev–Trinajstić information content (AvgIpc) is 3.21. The average molecular weight is 331 g/mol. The Bertz CT molecular complexity index is 600. The van der Waals surface area contributed by atoms with Crippen LogP contribution in [0.5, 0.6) is 0 Å². The van der Waals surface area contributed by atoms with E-state index >= 15 is 0 Å². The maximum absolute atomic E-state index is 12.8. The van der Waals surface area contributed by atoms with E-state index in [0.29, 0.717) is 24.8 Å². The summed E-state index contributed by atoms with van der Waals surface area (Å²) < 4.78 is 2.00. The molecule has 1 N–H and O–H groups in total. The first-order chi connectivity index (χ1) is 11.5. The van der Waals surface area contributed by atoms with Gasteiger partial charge in [0.25, 0.3) is 0 Å².